The molecule has 1 fully saturated rings. The highest BCUT2D eigenvalue weighted by atomic mass is 16.6. The Morgan fingerprint density at radius 1 is 1.47 bits per heavy atom. The number of rotatable bonds is 4. The van der Waals surface area contributed by atoms with Crippen molar-refractivity contribution in [1.82, 2.24) is 4.90 Å². The molecule has 1 unspecified atom stereocenters. The van der Waals surface area contributed by atoms with E-state index in [0.29, 0.717) is 0 Å². The molecule has 4 heteroatoms. The van der Waals surface area contributed by atoms with E-state index < -0.39 is 6.10 Å². The number of carbonyl (C=O) groups is 1. The van der Waals surface area contributed by atoms with Crippen molar-refractivity contribution in [3.63, 3.8) is 0 Å². The molecule has 1 saturated heterocycles. The maximum absolute atomic E-state index is 11.5. The highest BCUT2D eigenvalue weighted by Gasteiger charge is 2.37. The maximum atomic E-state index is 11.5. The van der Waals surface area contributed by atoms with E-state index in [-0.39, 0.29) is 18.2 Å². The number of amides is 1. The molecule has 1 aliphatic heterocycles. The molecule has 104 valence electrons. The lowest BCUT2D eigenvalue weighted by Crippen LogP contribution is -2.27. The van der Waals surface area contributed by atoms with Crippen LogP contribution in [0.15, 0.2) is 24.3 Å². The summed E-state index contributed by atoms with van der Waals surface area (Å²) in [7, 11) is 1.74. The first-order valence-electron chi connectivity index (χ1n) is 6.76. The lowest BCUT2D eigenvalue weighted by Gasteiger charge is -2.18. The molecule has 4 nitrogen and oxygen atoms in total. The highest BCUT2D eigenvalue weighted by molar-refractivity contribution is 5.70. The van der Waals surface area contributed by atoms with Gasteiger partial charge in [-0.1, -0.05) is 31.5 Å². The van der Waals surface area contributed by atoms with Crippen molar-refractivity contribution in [2.45, 2.75) is 44.9 Å². The van der Waals surface area contributed by atoms with Crippen molar-refractivity contribution in [3.8, 4) is 0 Å². The Labute approximate surface area is 114 Å². The maximum Gasteiger partial charge on any atom is 0.410 e. The molecule has 2 rings (SSSR count). The monoisotopic (exact) mass is 263 g/mol. The van der Waals surface area contributed by atoms with E-state index >= 15 is 0 Å². The Morgan fingerprint density at radius 2 is 2.21 bits per heavy atom. The Morgan fingerprint density at radius 3 is 2.79 bits per heavy atom. The largest absolute Gasteiger partial charge is 0.439 e. The molecule has 1 N–H and O–H groups in total. The molecule has 19 heavy (non-hydrogen) atoms. The molecule has 1 amide bonds. The van der Waals surface area contributed by atoms with Crippen LogP contribution in [0.3, 0.4) is 0 Å². The van der Waals surface area contributed by atoms with Crippen LogP contribution in [0.1, 0.15) is 50.0 Å². The van der Waals surface area contributed by atoms with Crippen LogP contribution in [0.5, 0.6) is 0 Å². The summed E-state index contributed by atoms with van der Waals surface area (Å²) in [6.07, 6.45) is 0.671. The van der Waals surface area contributed by atoms with Gasteiger partial charge in [-0.3, -0.25) is 0 Å². The first-order valence-corrected chi connectivity index (χ1v) is 6.76. The van der Waals surface area contributed by atoms with Gasteiger partial charge in [0.1, 0.15) is 6.10 Å². The number of carbonyl (C=O) groups excluding carboxylic acids is 1. The summed E-state index contributed by atoms with van der Waals surface area (Å²) in [4.78, 5) is 13.1. The fourth-order valence-electron chi connectivity index (χ4n) is 2.39. The van der Waals surface area contributed by atoms with E-state index in [2.05, 4.69) is 0 Å². The van der Waals surface area contributed by atoms with Gasteiger partial charge in [0.15, 0.2) is 0 Å². The Kier molecular flexibility index (Phi) is 4.10. The minimum absolute atomic E-state index is 0.00562. The molecular formula is C15H21NO3. The second-order valence-electron chi connectivity index (χ2n) is 5.13. The first-order chi connectivity index (χ1) is 9.04. The van der Waals surface area contributed by atoms with Crippen LogP contribution in [-0.4, -0.2) is 29.2 Å². The second-order valence-corrected chi connectivity index (χ2v) is 5.13. The van der Waals surface area contributed by atoms with E-state index in [1.54, 1.807) is 11.9 Å². The topological polar surface area (TPSA) is 49.8 Å². The van der Waals surface area contributed by atoms with E-state index in [1.165, 1.54) is 0 Å². The zero-order chi connectivity index (χ0) is 14.0. The summed E-state index contributed by atoms with van der Waals surface area (Å²) in [5.41, 5.74) is 1.83. The Bertz CT molecular complexity index is 460. The van der Waals surface area contributed by atoms with Crippen LogP contribution in [-0.2, 0) is 4.74 Å². The van der Waals surface area contributed by atoms with Crippen molar-refractivity contribution in [1.29, 1.82) is 0 Å². The molecule has 0 aromatic heterocycles. The first kappa shape index (κ1) is 13.9. The predicted molar refractivity (Wildman–Crippen MR) is 72.8 cm³/mol. The van der Waals surface area contributed by atoms with Gasteiger partial charge in [0.25, 0.3) is 0 Å². The van der Waals surface area contributed by atoms with E-state index in [0.717, 1.165) is 24.0 Å². The standard InChI is InChI=1S/C15H21NO3/c1-4-6-13(17)11-7-5-8-12(9-11)14-10(2)16(3)15(18)19-14/h5,7-10,13-14,17H,4,6H2,1-3H3/t10-,13?,14-/m0/s1. The number of aliphatic hydroxyl groups excluding tert-OH is 1. The highest BCUT2D eigenvalue weighted by Crippen LogP contribution is 2.32. The van der Waals surface area contributed by atoms with Crippen molar-refractivity contribution in [3.05, 3.63) is 35.4 Å². The van der Waals surface area contributed by atoms with Gasteiger partial charge < -0.3 is 14.7 Å². The third-order valence-corrected chi connectivity index (χ3v) is 3.75. The number of benzene rings is 1. The third kappa shape index (κ3) is 2.73. The minimum atomic E-state index is -0.449. The smallest absolute Gasteiger partial charge is 0.410 e. The summed E-state index contributed by atoms with van der Waals surface area (Å²) in [5, 5.41) is 10.0. The third-order valence-electron chi connectivity index (χ3n) is 3.75. The molecule has 0 spiro atoms. The van der Waals surface area contributed by atoms with Crippen LogP contribution in [0.25, 0.3) is 0 Å². The van der Waals surface area contributed by atoms with Crippen molar-refractivity contribution < 1.29 is 14.6 Å². The lowest BCUT2D eigenvalue weighted by molar-refractivity contribution is 0.131. The van der Waals surface area contributed by atoms with Gasteiger partial charge in [-0.15, -0.1) is 0 Å². The van der Waals surface area contributed by atoms with Crippen molar-refractivity contribution >= 4 is 6.09 Å². The second kappa shape index (κ2) is 5.61. The number of ether oxygens (including phenoxy) is 1. The number of hydrogen-bond acceptors (Lipinski definition) is 3. The number of aliphatic hydroxyl groups is 1. The summed E-state index contributed by atoms with van der Waals surface area (Å²) in [6.45, 7) is 4.01. The average Bonchev–Trinajstić information content (AvgIpc) is 2.67. The van der Waals surface area contributed by atoms with Crippen LogP contribution in [0.4, 0.5) is 4.79 Å². The summed E-state index contributed by atoms with van der Waals surface area (Å²) >= 11 is 0. The Balaban J connectivity index is 2.22. The van der Waals surface area contributed by atoms with E-state index in [4.69, 9.17) is 4.74 Å². The van der Waals surface area contributed by atoms with Gasteiger partial charge in [-0.2, -0.15) is 0 Å². The molecule has 0 aliphatic carbocycles. The lowest BCUT2D eigenvalue weighted by atomic mass is 9.98. The number of cyclic esters (lactones) is 1. The molecular weight excluding hydrogens is 242 g/mol. The molecule has 1 heterocycles. The Hall–Kier alpha value is -1.55. The fourth-order valence-corrected chi connectivity index (χ4v) is 2.39. The summed E-state index contributed by atoms with van der Waals surface area (Å²) in [6, 6.07) is 7.70. The van der Waals surface area contributed by atoms with Crippen LogP contribution < -0.4 is 0 Å². The summed E-state index contributed by atoms with van der Waals surface area (Å²) < 4.78 is 5.37. The zero-order valence-corrected chi connectivity index (χ0v) is 11.7. The predicted octanol–water partition coefficient (Wildman–Crippen LogP) is 3.03. The summed E-state index contributed by atoms with van der Waals surface area (Å²) in [5.74, 6) is 0. The van der Waals surface area contributed by atoms with Gasteiger partial charge in [-0.25, -0.2) is 4.79 Å². The number of hydrogen-bond donors (Lipinski definition) is 1. The number of nitrogens with zero attached hydrogens (tertiary/aromatic N) is 1. The van der Waals surface area contributed by atoms with Gasteiger partial charge in [-0.05, 0) is 30.5 Å². The zero-order valence-electron chi connectivity index (χ0n) is 11.7. The van der Waals surface area contributed by atoms with Crippen molar-refractivity contribution in [2.24, 2.45) is 0 Å². The molecule has 1 aromatic carbocycles. The molecule has 0 saturated carbocycles. The average molecular weight is 263 g/mol. The van der Waals surface area contributed by atoms with Crippen molar-refractivity contribution in [2.75, 3.05) is 7.05 Å². The molecule has 0 radical (unpaired) electrons. The van der Waals surface area contributed by atoms with Crippen LogP contribution in [0, 0.1) is 0 Å². The van der Waals surface area contributed by atoms with Gasteiger partial charge in [0, 0.05) is 7.05 Å². The van der Waals surface area contributed by atoms with E-state index in [1.807, 2.05) is 38.1 Å². The van der Waals surface area contributed by atoms with Crippen LogP contribution >= 0.6 is 0 Å². The fraction of sp³-hybridized carbons (Fsp3) is 0.533. The normalized spacial score (nSPS) is 24.4. The molecule has 0 bridgehead atoms. The molecule has 1 aromatic rings. The quantitative estimate of drug-likeness (QED) is 0.908. The molecule has 3 atom stereocenters. The number of likely N-dealkylation sites (N-methyl/N-ethyl adjacent to an activating group) is 1. The SMILES string of the molecule is CCCC(O)c1cccc([C@H]2OC(=O)N(C)[C@H]2C)c1. The van der Waals surface area contributed by atoms with Gasteiger partial charge in [0.05, 0.1) is 12.1 Å². The minimum Gasteiger partial charge on any atom is -0.439 e. The van der Waals surface area contributed by atoms with Gasteiger partial charge in [0.2, 0.25) is 0 Å². The van der Waals surface area contributed by atoms with Crippen LogP contribution in [0.2, 0.25) is 0 Å². The molecule has 1 aliphatic rings. The van der Waals surface area contributed by atoms with Gasteiger partial charge >= 0.3 is 6.09 Å². The van der Waals surface area contributed by atoms with E-state index in [9.17, 15) is 9.90 Å².